The average molecular weight is 326 g/mol. The predicted octanol–water partition coefficient (Wildman–Crippen LogP) is 2.75. The lowest BCUT2D eigenvalue weighted by Gasteiger charge is -2.50. The van der Waals surface area contributed by atoms with Crippen LogP contribution in [0.3, 0.4) is 0 Å². The molecule has 1 atom stereocenters. The first-order valence-corrected chi connectivity index (χ1v) is 9.02. The van der Waals surface area contributed by atoms with Gasteiger partial charge in [0.05, 0.1) is 0 Å². The Morgan fingerprint density at radius 3 is 2.38 bits per heavy atom. The highest BCUT2D eigenvalue weighted by Gasteiger charge is 2.46. The zero-order chi connectivity index (χ0) is 16.1. The SMILES string of the molecule is O=C(NN=C1C2CC3CC(C2)CC1C3)[C@H]1COc2ccccc2O1. The first kappa shape index (κ1) is 14.3. The van der Waals surface area contributed by atoms with Crippen molar-refractivity contribution in [1.82, 2.24) is 5.43 Å². The van der Waals surface area contributed by atoms with Crippen molar-refractivity contribution < 1.29 is 14.3 Å². The molecule has 0 radical (unpaired) electrons. The van der Waals surface area contributed by atoms with Crippen molar-refractivity contribution in [1.29, 1.82) is 0 Å². The lowest BCUT2D eigenvalue weighted by molar-refractivity contribution is -0.130. The summed E-state index contributed by atoms with van der Waals surface area (Å²) in [6.45, 7) is 0.227. The third-order valence-corrected chi connectivity index (χ3v) is 6.07. The predicted molar refractivity (Wildman–Crippen MR) is 89.0 cm³/mol. The van der Waals surface area contributed by atoms with Gasteiger partial charge in [-0.25, -0.2) is 5.43 Å². The van der Waals surface area contributed by atoms with Gasteiger partial charge in [0.2, 0.25) is 6.10 Å². The molecular weight excluding hydrogens is 304 g/mol. The van der Waals surface area contributed by atoms with Crippen LogP contribution in [-0.4, -0.2) is 24.3 Å². The largest absolute Gasteiger partial charge is 0.485 e. The van der Waals surface area contributed by atoms with E-state index in [0.29, 0.717) is 23.3 Å². The second-order valence-electron chi connectivity index (χ2n) is 7.68. The maximum absolute atomic E-state index is 12.4. The normalized spacial score (nSPS) is 35.7. The van der Waals surface area contributed by atoms with Crippen molar-refractivity contribution in [2.45, 2.75) is 38.2 Å². The molecule has 5 heteroatoms. The fourth-order valence-corrected chi connectivity index (χ4v) is 5.19. The molecule has 6 rings (SSSR count). The van der Waals surface area contributed by atoms with E-state index in [2.05, 4.69) is 10.5 Å². The Hall–Kier alpha value is -2.04. The summed E-state index contributed by atoms with van der Waals surface area (Å²) in [7, 11) is 0. The Labute approximate surface area is 141 Å². The van der Waals surface area contributed by atoms with Crippen LogP contribution in [0.15, 0.2) is 29.4 Å². The standard InChI is InChI=1S/C19H22N2O3/c22-19(17-10-23-15-3-1-2-4-16(15)24-17)21-20-18-13-6-11-5-12(8-13)9-14(18)7-11/h1-4,11-14,17H,5-10H2,(H,21,22)/t11?,12?,13?,14?,17-/m1/s1. The number of fused-ring (bicyclic) bond motifs is 1. The van der Waals surface area contributed by atoms with Crippen molar-refractivity contribution in [3.05, 3.63) is 24.3 Å². The third kappa shape index (κ3) is 2.38. The Bertz CT molecular complexity index is 670. The number of para-hydroxylation sites is 2. The molecule has 0 saturated heterocycles. The number of ether oxygens (including phenoxy) is 2. The number of nitrogens with one attached hydrogen (secondary N) is 1. The number of carbonyl (C=O) groups excluding carboxylic acids is 1. The van der Waals surface area contributed by atoms with E-state index in [1.165, 1.54) is 37.8 Å². The Balaban J connectivity index is 1.26. The van der Waals surface area contributed by atoms with Gasteiger partial charge in [-0.15, -0.1) is 0 Å². The second-order valence-corrected chi connectivity index (χ2v) is 7.68. The zero-order valence-corrected chi connectivity index (χ0v) is 13.6. The first-order chi connectivity index (χ1) is 11.8. The van der Waals surface area contributed by atoms with Gasteiger partial charge in [-0.2, -0.15) is 5.10 Å². The van der Waals surface area contributed by atoms with Gasteiger partial charge in [0, 0.05) is 5.71 Å². The zero-order valence-electron chi connectivity index (χ0n) is 13.6. The monoisotopic (exact) mass is 326 g/mol. The number of amides is 1. The molecule has 1 aromatic rings. The maximum atomic E-state index is 12.4. The molecule has 1 amide bonds. The van der Waals surface area contributed by atoms with Gasteiger partial charge in [-0.05, 0) is 67.9 Å². The molecule has 1 aromatic carbocycles. The molecule has 1 N–H and O–H groups in total. The minimum Gasteiger partial charge on any atom is -0.485 e. The van der Waals surface area contributed by atoms with E-state index in [4.69, 9.17) is 9.47 Å². The van der Waals surface area contributed by atoms with E-state index < -0.39 is 6.10 Å². The van der Waals surface area contributed by atoms with Crippen molar-refractivity contribution in [3.63, 3.8) is 0 Å². The number of benzene rings is 1. The van der Waals surface area contributed by atoms with E-state index in [0.717, 1.165) is 11.8 Å². The minimum absolute atomic E-state index is 0.217. The molecule has 0 spiro atoms. The number of carbonyl (C=O) groups is 1. The van der Waals surface area contributed by atoms with E-state index in [1.807, 2.05) is 24.3 Å². The fourth-order valence-electron chi connectivity index (χ4n) is 5.19. The molecule has 1 aliphatic heterocycles. The molecule has 4 aliphatic carbocycles. The number of hydrogen-bond donors (Lipinski definition) is 1. The summed E-state index contributed by atoms with van der Waals surface area (Å²) in [6.07, 6.45) is 5.83. The van der Waals surface area contributed by atoms with Gasteiger partial charge in [-0.1, -0.05) is 12.1 Å². The lowest BCUT2D eigenvalue weighted by Crippen LogP contribution is -2.47. The van der Waals surface area contributed by atoms with Crippen LogP contribution < -0.4 is 14.9 Å². The van der Waals surface area contributed by atoms with Gasteiger partial charge < -0.3 is 9.47 Å². The molecule has 4 saturated carbocycles. The van der Waals surface area contributed by atoms with Crippen LogP contribution in [-0.2, 0) is 4.79 Å². The topological polar surface area (TPSA) is 59.9 Å². The van der Waals surface area contributed by atoms with Crippen LogP contribution >= 0.6 is 0 Å². The maximum Gasteiger partial charge on any atom is 0.284 e. The number of hydrazone groups is 1. The first-order valence-electron chi connectivity index (χ1n) is 9.02. The average Bonchev–Trinajstić information content (AvgIpc) is 2.60. The molecule has 5 nitrogen and oxygen atoms in total. The van der Waals surface area contributed by atoms with E-state index in [-0.39, 0.29) is 12.5 Å². The molecule has 0 aromatic heterocycles. The Morgan fingerprint density at radius 1 is 1.00 bits per heavy atom. The Kier molecular flexibility index (Phi) is 3.28. The van der Waals surface area contributed by atoms with Gasteiger partial charge in [0.15, 0.2) is 11.5 Å². The van der Waals surface area contributed by atoms with Gasteiger partial charge in [0.1, 0.15) is 6.61 Å². The van der Waals surface area contributed by atoms with Gasteiger partial charge in [0.25, 0.3) is 5.91 Å². The highest BCUT2D eigenvalue weighted by molar-refractivity contribution is 5.92. The summed E-state index contributed by atoms with van der Waals surface area (Å²) in [5.74, 6) is 4.06. The molecule has 4 fully saturated rings. The fraction of sp³-hybridized carbons (Fsp3) is 0.579. The number of hydrogen-bond acceptors (Lipinski definition) is 4. The minimum atomic E-state index is -0.638. The van der Waals surface area contributed by atoms with Crippen molar-refractivity contribution in [2.75, 3.05) is 6.61 Å². The Morgan fingerprint density at radius 2 is 1.67 bits per heavy atom. The van der Waals surface area contributed by atoms with Crippen LogP contribution in [0.5, 0.6) is 11.5 Å². The number of rotatable bonds is 2. The summed E-state index contributed by atoms with van der Waals surface area (Å²) in [5.41, 5.74) is 3.98. The van der Waals surface area contributed by atoms with Crippen molar-refractivity contribution in [3.8, 4) is 11.5 Å². The molecular formula is C19H22N2O3. The van der Waals surface area contributed by atoms with Crippen LogP contribution in [0.4, 0.5) is 0 Å². The quantitative estimate of drug-likeness (QED) is 0.850. The summed E-state index contributed by atoms with van der Waals surface area (Å²) in [5, 5.41) is 4.54. The molecule has 1 heterocycles. The van der Waals surface area contributed by atoms with Gasteiger partial charge >= 0.3 is 0 Å². The summed E-state index contributed by atoms with van der Waals surface area (Å²) in [4.78, 5) is 12.4. The van der Waals surface area contributed by atoms with Crippen molar-refractivity contribution in [2.24, 2.45) is 28.8 Å². The lowest BCUT2D eigenvalue weighted by atomic mass is 9.55. The highest BCUT2D eigenvalue weighted by Crippen LogP contribution is 2.52. The van der Waals surface area contributed by atoms with Gasteiger partial charge in [-0.3, -0.25) is 4.79 Å². The van der Waals surface area contributed by atoms with Crippen LogP contribution in [0, 0.1) is 23.7 Å². The second kappa shape index (κ2) is 5.50. The summed E-state index contributed by atoms with van der Waals surface area (Å²) < 4.78 is 11.4. The van der Waals surface area contributed by atoms with E-state index in [9.17, 15) is 4.79 Å². The van der Waals surface area contributed by atoms with Crippen molar-refractivity contribution >= 4 is 11.6 Å². The smallest absolute Gasteiger partial charge is 0.284 e. The highest BCUT2D eigenvalue weighted by atomic mass is 16.6. The molecule has 24 heavy (non-hydrogen) atoms. The summed E-state index contributed by atoms with van der Waals surface area (Å²) in [6, 6.07) is 7.43. The van der Waals surface area contributed by atoms with E-state index >= 15 is 0 Å². The molecule has 0 unspecified atom stereocenters. The number of nitrogens with zero attached hydrogens (tertiary/aromatic N) is 1. The van der Waals surface area contributed by atoms with Crippen LogP contribution in [0.25, 0.3) is 0 Å². The van der Waals surface area contributed by atoms with Crippen LogP contribution in [0.1, 0.15) is 32.1 Å². The molecule has 5 aliphatic rings. The third-order valence-electron chi connectivity index (χ3n) is 6.07. The summed E-state index contributed by atoms with van der Waals surface area (Å²) >= 11 is 0. The van der Waals surface area contributed by atoms with Crippen LogP contribution in [0.2, 0.25) is 0 Å². The van der Waals surface area contributed by atoms with E-state index in [1.54, 1.807) is 0 Å². The molecule has 126 valence electrons. The molecule has 4 bridgehead atoms.